The quantitative estimate of drug-likeness (QED) is 0.770. The summed E-state index contributed by atoms with van der Waals surface area (Å²) >= 11 is 0. The Hall–Kier alpha value is -2.62. The zero-order chi connectivity index (χ0) is 19.3. The zero-order valence-electron chi connectivity index (χ0n) is 16.7. The highest BCUT2D eigenvalue weighted by atomic mass is 16.5. The molecule has 27 heavy (non-hydrogen) atoms. The Morgan fingerprint density at radius 1 is 1.22 bits per heavy atom. The average molecular weight is 362 g/mol. The van der Waals surface area contributed by atoms with Gasteiger partial charge in [0.1, 0.15) is 11.5 Å². The standard InChI is InChI=1S/C23H26N2O2/c1-6-15-7-9-16(10-8-15)24-20-19-12-17(27-5)11-18-14(2)13-23(3,4)25(21(18)19)22(20)26/h7-12,14H,6,13H2,1-5H3/t14-/m0/s1. The summed E-state index contributed by atoms with van der Waals surface area (Å²) in [5.41, 5.74) is 5.39. The molecule has 0 N–H and O–H groups in total. The lowest BCUT2D eigenvalue weighted by Crippen LogP contribution is -2.50. The van der Waals surface area contributed by atoms with Crippen molar-refractivity contribution in [3.05, 3.63) is 53.1 Å². The third-order valence-electron chi connectivity index (χ3n) is 5.76. The molecule has 0 fully saturated rings. The zero-order valence-corrected chi connectivity index (χ0v) is 16.7. The lowest BCUT2D eigenvalue weighted by Gasteiger charge is -2.43. The Morgan fingerprint density at radius 3 is 2.56 bits per heavy atom. The maximum absolute atomic E-state index is 13.4. The molecular formula is C23H26N2O2. The van der Waals surface area contributed by atoms with Gasteiger partial charge >= 0.3 is 0 Å². The largest absolute Gasteiger partial charge is 0.497 e. The van der Waals surface area contributed by atoms with E-state index in [2.05, 4.69) is 45.9 Å². The number of amides is 1. The summed E-state index contributed by atoms with van der Waals surface area (Å²) in [6, 6.07) is 12.1. The fourth-order valence-corrected chi connectivity index (χ4v) is 4.45. The molecule has 0 bridgehead atoms. The van der Waals surface area contributed by atoms with Crippen molar-refractivity contribution in [1.29, 1.82) is 0 Å². The molecule has 0 unspecified atom stereocenters. The molecule has 140 valence electrons. The maximum atomic E-state index is 13.4. The van der Waals surface area contributed by atoms with E-state index in [1.165, 1.54) is 11.1 Å². The van der Waals surface area contributed by atoms with Gasteiger partial charge in [-0.2, -0.15) is 0 Å². The lowest BCUT2D eigenvalue weighted by atomic mass is 9.80. The Morgan fingerprint density at radius 2 is 1.93 bits per heavy atom. The van der Waals surface area contributed by atoms with Crippen LogP contribution in [0, 0.1) is 0 Å². The summed E-state index contributed by atoms with van der Waals surface area (Å²) in [4.78, 5) is 20.1. The van der Waals surface area contributed by atoms with Crippen molar-refractivity contribution in [2.75, 3.05) is 12.0 Å². The van der Waals surface area contributed by atoms with Crippen molar-refractivity contribution in [3.8, 4) is 5.75 Å². The number of benzene rings is 2. The summed E-state index contributed by atoms with van der Waals surface area (Å²) in [7, 11) is 1.67. The number of ether oxygens (including phenoxy) is 1. The first-order chi connectivity index (χ1) is 12.9. The molecule has 1 atom stereocenters. The van der Waals surface area contributed by atoms with Gasteiger partial charge < -0.3 is 9.64 Å². The van der Waals surface area contributed by atoms with Crippen molar-refractivity contribution in [2.24, 2.45) is 4.99 Å². The fraction of sp³-hybridized carbons (Fsp3) is 0.391. The molecule has 0 spiro atoms. The first-order valence-corrected chi connectivity index (χ1v) is 9.60. The van der Waals surface area contributed by atoms with E-state index in [0.29, 0.717) is 11.6 Å². The van der Waals surface area contributed by atoms with E-state index in [4.69, 9.17) is 9.73 Å². The van der Waals surface area contributed by atoms with E-state index in [9.17, 15) is 4.79 Å². The molecule has 1 amide bonds. The maximum Gasteiger partial charge on any atom is 0.278 e. The number of nitrogens with zero attached hydrogens (tertiary/aromatic N) is 2. The summed E-state index contributed by atoms with van der Waals surface area (Å²) in [6.45, 7) is 8.62. The van der Waals surface area contributed by atoms with Gasteiger partial charge in [0.15, 0.2) is 0 Å². The Kier molecular flexibility index (Phi) is 4.10. The van der Waals surface area contributed by atoms with Crippen LogP contribution in [0.5, 0.6) is 5.75 Å². The molecule has 2 heterocycles. The highest BCUT2D eigenvalue weighted by molar-refractivity contribution is 6.55. The third-order valence-corrected chi connectivity index (χ3v) is 5.76. The van der Waals surface area contributed by atoms with Gasteiger partial charge in [0.05, 0.1) is 18.5 Å². The smallest absolute Gasteiger partial charge is 0.278 e. The van der Waals surface area contributed by atoms with Crippen molar-refractivity contribution < 1.29 is 9.53 Å². The van der Waals surface area contributed by atoms with Gasteiger partial charge in [-0.1, -0.05) is 26.0 Å². The monoisotopic (exact) mass is 362 g/mol. The predicted molar refractivity (Wildman–Crippen MR) is 110 cm³/mol. The van der Waals surface area contributed by atoms with E-state index in [1.807, 2.05) is 23.1 Å². The minimum absolute atomic E-state index is 0.0176. The fourth-order valence-electron chi connectivity index (χ4n) is 4.45. The molecule has 2 aliphatic heterocycles. The molecule has 2 aromatic carbocycles. The second kappa shape index (κ2) is 6.22. The SMILES string of the molecule is CCc1ccc(N=C2C(=O)N3c4c2cc(OC)cc4[C@@H](C)CC3(C)C)cc1. The third kappa shape index (κ3) is 2.75. The van der Waals surface area contributed by atoms with E-state index in [-0.39, 0.29) is 11.4 Å². The first-order valence-electron chi connectivity index (χ1n) is 9.60. The van der Waals surface area contributed by atoms with Crippen LogP contribution in [0.4, 0.5) is 11.4 Å². The molecule has 4 rings (SSSR count). The highest BCUT2D eigenvalue weighted by Crippen LogP contribution is 2.50. The molecule has 0 aliphatic carbocycles. The second-order valence-corrected chi connectivity index (χ2v) is 8.15. The number of hydrogen-bond acceptors (Lipinski definition) is 3. The van der Waals surface area contributed by atoms with Crippen LogP contribution in [0.1, 0.15) is 56.7 Å². The van der Waals surface area contributed by atoms with Crippen LogP contribution in [-0.2, 0) is 11.2 Å². The number of carbonyl (C=O) groups excluding carboxylic acids is 1. The van der Waals surface area contributed by atoms with Crippen LogP contribution < -0.4 is 9.64 Å². The van der Waals surface area contributed by atoms with Gasteiger partial charge in [-0.05, 0) is 68.0 Å². The molecule has 4 nitrogen and oxygen atoms in total. The number of carbonyl (C=O) groups is 1. The molecule has 2 aromatic rings. The average Bonchev–Trinajstić information content (AvgIpc) is 2.93. The number of aliphatic imine (C=N–C) groups is 1. The van der Waals surface area contributed by atoms with Crippen LogP contribution in [0.25, 0.3) is 0 Å². The van der Waals surface area contributed by atoms with Gasteiger partial charge in [0, 0.05) is 11.1 Å². The topological polar surface area (TPSA) is 41.9 Å². The number of rotatable bonds is 3. The van der Waals surface area contributed by atoms with E-state index in [1.54, 1.807) is 7.11 Å². The summed E-state index contributed by atoms with van der Waals surface area (Å²) in [5.74, 6) is 1.12. The van der Waals surface area contributed by atoms with Gasteiger partial charge in [-0.3, -0.25) is 4.79 Å². The summed E-state index contributed by atoms with van der Waals surface area (Å²) in [6.07, 6.45) is 1.90. The molecule has 0 saturated carbocycles. The summed E-state index contributed by atoms with van der Waals surface area (Å²) in [5, 5.41) is 0. The first kappa shape index (κ1) is 17.8. The minimum Gasteiger partial charge on any atom is -0.497 e. The van der Waals surface area contributed by atoms with E-state index in [0.717, 1.165) is 35.5 Å². The van der Waals surface area contributed by atoms with E-state index >= 15 is 0 Å². The molecular weight excluding hydrogens is 336 g/mol. The van der Waals surface area contributed by atoms with Crippen molar-refractivity contribution in [2.45, 2.75) is 52.0 Å². The Labute approximate surface area is 160 Å². The van der Waals surface area contributed by atoms with Crippen molar-refractivity contribution in [1.82, 2.24) is 0 Å². The molecule has 4 heteroatoms. The number of aryl methyl sites for hydroxylation is 1. The lowest BCUT2D eigenvalue weighted by molar-refractivity contribution is -0.113. The molecule has 2 aliphatic rings. The van der Waals surface area contributed by atoms with E-state index < -0.39 is 0 Å². The number of anilines is 1. The summed E-state index contributed by atoms with van der Waals surface area (Å²) < 4.78 is 5.52. The number of hydrogen-bond donors (Lipinski definition) is 0. The minimum atomic E-state index is -0.240. The van der Waals surface area contributed by atoms with Crippen LogP contribution in [-0.4, -0.2) is 24.3 Å². The van der Waals surface area contributed by atoms with Crippen LogP contribution in [0.15, 0.2) is 41.4 Å². The normalized spacial score (nSPS) is 21.5. The van der Waals surface area contributed by atoms with Crippen LogP contribution in [0.3, 0.4) is 0 Å². The predicted octanol–water partition coefficient (Wildman–Crippen LogP) is 5.01. The molecule has 0 radical (unpaired) electrons. The van der Waals surface area contributed by atoms with Crippen LogP contribution >= 0.6 is 0 Å². The van der Waals surface area contributed by atoms with Crippen molar-refractivity contribution >= 4 is 23.0 Å². The number of methoxy groups -OCH3 is 1. The van der Waals surface area contributed by atoms with Crippen molar-refractivity contribution in [3.63, 3.8) is 0 Å². The highest BCUT2D eigenvalue weighted by Gasteiger charge is 2.48. The Balaban J connectivity index is 1.92. The second-order valence-electron chi connectivity index (χ2n) is 8.15. The molecule has 0 saturated heterocycles. The Bertz CT molecular complexity index is 942. The molecule has 0 aromatic heterocycles. The van der Waals surface area contributed by atoms with Gasteiger partial charge in [-0.15, -0.1) is 0 Å². The van der Waals surface area contributed by atoms with Gasteiger partial charge in [0.25, 0.3) is 5.91 Å². The van der Waals surface area contributed by atoms with Gasteiger partial charge in [-0.25, -0.2) is 4.99 Å². The van der Waals surface area contributed by atoms with Crippen LogP contribution in [0.2, 0.25) is 0 Å². The van der Waals surface area contributed by atoms with Gasteiger partial charge in [0.2, 0.25) is 0 Å².